The number of urea groups is 1. The molecule has 1 spiro atoms. The smallest absolute Gasteiger partial charge is 0.323 e. The number of hydrogen-bond acceptors (Lipinski definition) is 4. The fourth-order valence-corrected chi connectivity index (χ4v) is 6.16. The Morgan fingerprint density at radius 3 is 2.58 bits per heavy atom. The largest absolute Gasteiger partial charge is 0.497 e. The van der Waals surface area contributed by atoms with Crippen LogP contribution in [-0.2, 0) is 16.2 Å². The number of fused-ring (bicyclic) bond motifs is 2. The summed E-state index contributed by atoms with van der Waals surface area (Å²) in [4.78, 5) is 29.4. The highest BCUT2D eigenvalue weighted by Crippen LogP contribution is 2.55. The lowest BCUT2D eigenvalue weighted by Gasteiger charge is -2.33. The van der Waals surface area contributed by atoms with Crippen molar-refractivity contribution in [2.45, 2.75) is 25.3 Å². The van der Waals surface area contributed by atoms with Gasteiger partial charge in [0.05, 0.1) is 19.3 Å². The first-order chi connectivity index (χ1) is 17.2. The van der Waals surface area contributed by atoms with E-state index < -0.39 is 16.5 Å². The fourth-order valence-electron chi connectivity index (χ4n) is 4.71. The van der Waals surface area contributed by atoms with Crippen molar-refractivity contribution in [3.63, 3.8) is 0 Å². The van der Waals surface area contributed by atoms with Crippen LogP contribution in [0.2, 0.25) is 0 Å². The second kappa shape index (κ2) is 9.13. The van der Waals surface area contributed by atoms with Gasteiger partial charge in [-0.1, -0.05) is 12.1 Å². The molecule has 186 valence electrons. The Bertz CT molecular complexity index is 1380. The number of thioether (sulfide) groups is 1. The van der Waals surface area contributed by atoms with Crippen molar-refractivity contribution in [3.8, 4) is 5.75 Å². The summed E-state index contributed by atoms with van der Waals surface area (Å²) >= 11 is 1.38. The van der Waals surface area contributed by atoms with Crippen LogP contribution in [0.25, 0.3) is 0 Å². The molecule has 1 atom stereocenters. The molecule has 6 nitrogen and oxygen atoms in total. The Kier molecular flexibility index (Phi) is 6.12. The summed E-state index contributed by atoms with van der Waals surface area (Å²) < 4.78 is 32.8. The number of hydrogen-bond donors (Lipinski definition) is 1. The second-order valence-corrected chi connectivity index (χ2v) is 10.2. The molecule has 2 aliphatic heterocycles. The maximum absolute atomic E-state index is 14.1. The summed E-state index contributed by atoms with van der Waals surface area (Å²) in [6.07, 6.45) is 0. The first-order valence-corrected chi connectivity index (χ1v) is 12.5. The van der Waals surface area contributed by atoms with Crippen LogP contribution in [0.1, 0.15) is 22.3 Å². The molecule has 1 fully saturated rings. The van der Waals surface area contributed by atoms with E-state index in [1.54, 1.807) is 23.1 Å². The first kappa shape index (κ1) is 24.1. The molecular formula is C27H25F2N3O3S. The van der Waals surface area contributed by atoms with Gasteiger partial charge >= 0.3 is 6.03 Å². The van der Waals surface area contributed by atoms with Crippen LogP contribution in [0.5, 0.6) is 5.75 Å². The molecule has 5 rings (SSSR count). The Balaban J connectivity index is 1.54. The molecule has 36 heavy (non-hydrogen) atoms. The number of nitrogens with zero attached hydrogens (tertiary/aromatic N) is 2. The molecule has 1 N–H and O–H groups in total. The number of carbonyl (C=O) groups excluding carboxylic acids is 2. The summed E-state index contributed by atoms with van der Waals surface area (Å²) in [5.74, 6) is -1.13. The number of amides is 3. The van der Waals surface area contributed by atoms with Gasteiger partial charge in [0, 0.05) is 23.5 Å². The third-order valence-corrected chi connectivity index (χ3v) is 8.15. The predicted molar refractivity (Wildman–Crippen MR) is 136 cm³/mol. The highest BCUT2D eigenvalue weighted by Gasteiger charge is 2.59. The van der Waals surface area contributed by atoms with Gasteiger partial charge in [-0.15, -0.1) is 11.8 Å². The summed E-state index contributed by atoms with van der Waals surface area (Å²) in [5, 5.41) is 2.94. The highest BCUT2D eigenvalue weighted by molar-refractivity contribution is 8.01. The highest BCUT2D eigenvalue weighted by atomic mass is 32.2. The van der Waals surface area contributed by atoms with E-state index in [1.807, 2.05) is 32.0 Å². The van der Waals surface area contributed by atoms with Crippen LogP contribution >= 0.6 is 11.8 Å². The van der Waals surface area contributed by atoms with Crippen LogP contribution in [0, 0.1) is 25.5 Å². The number of ether oxygens (including phenoxy) is 1. The Hall–Kier alpha value is -3.59. The molecule has 9 heteroatoms. The van der Waals surface area contributed by atoms with Gasteiger partial charge < -0.3 is 15.0 Å². The van der Waals surface area contributed by atoms with Crippen molar-refractivity contribution in [2.75, 3.05) is 29.6 Å². The van der Waals surface area contributed by atoms with Crippen molar-refractivity contribution in [3.05, 3.63) is 88.5 Å². The van der Waals surface area contributed by atoms with E-state index in [1.165, 1.54) is 29.8 Å². The lowest BCUT2D eigenvalue weighted by atomic mass is 10.1. The summed E-state index contributed by atoms with van der Waals surface area (Å²) in [7, 11) is 1.54. The normalized spacial score (nSPS) is 18.6. The first-order valence-electron chi connectivity index (χ1n) is 11.5. The van der Waals surface area contributed by atoms with E-state index in [-0.39, 0.29) is 18.5 Å². The van der Waals surface area contributed by atoms with Gasteiger partial charge in [-0.25, -0.2) is 13.6 Å². The van der Waals surface area contributed by atoms with Gasteiger partial charge in [0.2, 0.25) is 0 Å². The maximum Gasteiger partial charge on any atom is 0.323 e. The van der Waals surface area contributed by atoms with Gasteiger partial charge in [-0.05, 0) is 73.0 Å². The van der Waals surface area contributed by atoms with Crippen LogP contribution in [0.15, 0.2) is 54.6 Å². The lowest BCUT2D eigenvalue weighted by molar-refractivity contribution is -0.123. The number of anilines is 2. The number of carbonyl (C=O) groups is 2. The zero-order valence-electron chi connectivity index (χ0n) is 20.1. The molecule has 0 aromatic heterocycles. The topological polar surface area (TPSA) is 61.9 Å². The molecular weight excluding hydrogens is 484 g/mol. The number of halogens is 2. The van der Waals surface area contributed by atoms with E-state index in [9.17, 15) is 18.4 Å². The molecule has 1 saturated heterocycles. The summed E-state index contributed by atoms with van der Waals surface area (Å²) in [6.45, 7) is 4.36. The van der Waals surface area contributed by atoms with Crippen molar-refractivity contribution < 1.29 is 23.1 Å². The quantitative estimate of drug-likeness (QED) is 0.500. The van der Waals surface area contributed by atoms with Crippen molar-refractivity contribution in [2.24, 2.45) is 0 Å². The molecule has 0 aliphatic carbocycles. The zero-order valence-corrected chi connectivity index (χ0v) is 20.9. The molecule has 3 aromatic rings. The standard InChI is InChI=1S/C27H25F2N3O3S/c1-16-4-6-19(12-17(16)2)30-26(34)32-10-11-36-27(32)21-14-20(35-3)7-9-24(21)31(25(27)33)15-18-5-8-22(28)23(29)13-18/h4-9,12-14H,10-11,15H2,1-3H3,(H,30,34)/t27-/m1/s1. The van der Waals surface area contributed by atoms with E-state index in [0.717, 1.165) is 23.3 Å². The molecule has 0 bridgehead atoms. The molecule has 0 unspecified atom stereocenters. The Morgan fingerprint density at radius 2 is 1.86 bits per heavy atom. The predicted octanol–water partition coefficient (Wildman–Crippen LogP) is 5.57. The molecule has 0 saturated carbocycles. The Labute approximate surface area is 212 Å². The van der Waals surface area contributed by atoms with Crippen molar-refractivity contribution >= 4 is 35.1 Å². The number of nitrogens with one attached hydrogen (secondary N) is 1. The average molecular weight is 510 g/mol. The van der Waals surface area contributed by atoms with Gasteiger partial charge in [0.25, 0.3) is 5.91 Å². The van der Waals surface area contributed by atoms with E-state index in [4.69, 9.17) is 4.74 Å². The zero-order chi connectivity index (χ0) is 25.6. The van der Waals surface area contributed by atoms with Gasteiger partial charge in [-0.3, -0.25) is 9.69 Å². The Morgan fingerprint density at radius 1 is 1.06 bits per heavy atom. The number of rotatable bonds is 4. The minimum atomic E-state index is -1.30. The number of benzene rings is 3. The second-order valence-electron chi connectivity index (χ2n) is 8.90. The van der Waals surface area contributed by atoms with Crippen LogP contribution < -0.4 is 15.0 Å². The molecule has 2 heterocycles. The summed E-state index contributed by atoms with van der Waals surface area (Å²) in [5.41, 5.74) is 4.47. The van der Waals surface area contributed by atoms with Gasteiger partial charge in [0.15, 0.2) is 16.5 Å². The van der Waals surface area contributed by atoms with E-state index in [2.05, 4.69) is 5.32 Å². The average Bonchev–Trinajstić information content (AvgIpc) is 3.40. The van der Waals surface area contributed by atoms with Crippen LogP contribution in [0.3, 0.4) is 0 Å². The minimum Gasteiger partial charge on any atom is -0.497 e. The monoisotopic (exact) mass is 509 g/mol. The van der Waals surface area contributed by atoms with Crippen LogP contribution in [0.4, 0.5) is 25.0 Å². The van der Waals surface area contributed by atoms with Gasteiger partial charge in [-0.2, -0.15) is 0 Å². The SMILES string of the molecule is COc1ccc2c(c1)[C@@]1(SCCN1C(=O)Nc1ccc(C)c(C)c1)C(=O)N2Cc1ccc(F)c(F)c1. The van der Waals surface area contributed by atoms with Crippen molar-refractivity contribution in [1.82, 2.24) is 4.90 Å². The lowest BCUT2D eigenvalue weighted by Crippen LogP contribution is -2.51. The molecule has 3 amide bonds. The third kappa shape index (κ3) is 3.87. The van der Waals surface area contributed by atoms with Crippen LogP contribution in [-0.4, -0.2) is 36.2 Å². The third-order valence-electron chi connectivity index (χ3n) is 6.73. The molecule has 0 radical (unpaired) electrons. The minimum absolute atomic E-state index is 0.0320. The molecule has 3 aromatic carbocycles. The molecule has 2 aliphatic rings. The van der Waals surface area contributed by atoms with Gasteiger partial charge in [0.1, 0.15) is 5.75 Å². The van der Waals surface area contributed by atoms with Crippen molar-refractivity contribution in [1.29, 1.82) is 0 Å². The summed E-state index contributed by atoms with van der Waals surface area (Å²) in [6, 6.07) is 14.1. The fraction of sp³-hybridized carbons (Fsp3) is 0.259. The maximum atomic E-state index is 14.1. The number of aryl methyl sites for hydroxylation is 2. The van der Waals surface area contributed by atoms with E-state index >= 15 is 0 Å². The van der Waals surface area contributed by atoms with E-state index in [0.29, 0.717) is 40.5 Å². The number of methoxy groups -OCH3 is 1.